The number of aromatic nitrogens is 1. The summed E-state index contributed by atoms with van der Waals surface area (Å²) in [5, 5.41) is 9.47. The van der Waals surface area contributed by atoms with E-state index in [0.717, 1.165) is 28.9 Å². The average Bonchev–Trinajstić information content (AvgIpc) is 2.26. The normalized spacial score (nSPS) is 11.3. The van der Waals surface area contributed by atoms with Gasteiger partial charge in [0.2, 0.25) is 0 Å². The van der Waals surface area contributed by atoms with Gasteiger partial charge in [-0.1, -0.05) is 27.7 Å². The molecule has 0 atom stereocenters. The zero-order valence-electron chi connectivity index (χ0n) is 11.7. The smallest absolute Gasteiger partial charge is 0.134 e. The highest BCUT2D eigenvalue weighted by atomic mass is 79.9. The first kappa shape index (κ1) is 15.4. The number of hydrogen-bond acceptors (Lipinski definition) is 3. The summed E-state index contributed by atoms with van der Waals surface area (Å²) in [5.41, 5.74) is 0.880. The number of nitrogens with zero attached hydrogens (tertiary/aromatic N) is 2. The van der Waals surface area contributed by atoms with E-state index in [1.165, 1.54) is 0 Å². The molecule has 0 amide bonds. The Bertz CT molecular complexity index is 370. The summed E-state index contributed by atoms with van der Waals surface area (Å²) >= 11 is 3.40. The Morgan fingerprint density at radius 3 is 2.22 bits per heavy atom. The zero-order chi connectivity index (χ0) is 13.7. The van der Waals surface area contributed by atoms with Gasteiger partial charge in [-0.25, -0.2) is 4.98 Å². The van der Waals surface area contributed by atoms with Crippen molar-refractivity contribution in [1.82, 2.24) is 4.98 Å². The molecule has 0 radical (unpaired) electrons. The van der Waals surface area contributed by atoms with Crippen molar-refractivity contribution in [2.45, 2.75) is 34.3 Å². The molecule has 1 heterocycles. The minimum atomic E-state index is 0.0223. The Labute approximate surface area is 118 Å². The topological polar surface area (TPSA) is 36.4 Å². The fraction of sp³-hybridized carbons (Fsp3) is 0.643. The largest absolute Gasteiger partial charge is 0.392 e. The molecule has 0 aliphatic carbocycles. The van der Waals surface area contributed by atoms with E-state index in [0.29, 0.717) is 11.8 Å². The van der Waals surface area contributed by atoms with Crippen molar-refractivity contribution < 1.29 is 5.11 Å². The van der Waals surface area contributed by atoms with Crippen LogP contribution in [0.25, 0.3) is 0 Å². The number of halogens is 1. The molecular weight excluding hydrogens is 292 g/mol. The Hall–Kier alpha value is -0.610. The summed E-state index contributed by atoms with van der Waals surface area (Å²) in [6.07, 6.45) is 1.79. The van der Waals surface area contributed by atoms with Gasteiger partial charge in [0.15, 0.2) is 0 Å². The van der Waals surface area contributed by atoms with E-state index >= 15 is 0 Å². The van der Waals surface area contributed by atoms with Crippen molar-refractivity contribution in [3.8, 4) is 0 Å². The third-order valence-corrected chi connectivity index (χ3v) is 2.98. The maximum absolute atomic E-state index is 9.47. The molecule has 102 valence electrons. The van der Waals surface area contributed by atoms with Crippen molar-refractivity contribution in [3.63, 3.8) is 0 Å². The van der Waals surface area contributed by atoms with E-state index in [1.807, 2.05) is 6.07 Å². The van der Waals surface area contributed by atoms with Gasteiger partial charge in [0.1, 0.15) is 5.82 Å². The van der Waals surface area contributed by atoms with E-state index in [4.69, 9.17) is 0 Å². The summed E-state index contributed by atoms with van der Waals surface area (Å²) in [6.45, 7) is 10.7. The van der Waals surface area contributed by atoms with Crippen LogP contribution in [0.4, 0.5) is 5.82 Å². The van der Waals surface area contributed by atoms with Crippen LogP contribution in [0.15, 0.2) is 16.7 Å². The molecule has 0 spiro atoms. The maximum Gasteiger partial charge on any atom is 0.134 e. The Balaban J connectivity index is 3.03. The van der Waals surface area contributed by atoms with Crippen LogP contribution < -0.4 is 4.90 Å². The lowest BCUT2D eigenvalue weighted by Crippen LogP contribution is -2.32. The van der Waals surface area contributed by atoms with Crippen LogP contribution in [0.5, 0.6) is 0 Å². The number of pyridine rings is 1. The first-order valence-corrected chi connectivity index (χ1v) is 7.23. The van der Waals surface area contributed by atoms with Crippen molar-refractivity contribution in [1.29, 1.82) is 0 Å². The van der Waals surface area contributed by atoms with E-state index in [1.54, 1.807) is 6.20 Å². The highest BCUT2D eigenvalue weighted by Crippen LogP contribution is 2.23. The molecule has 0 aliphatic heterocycles. The molecule has 0 aliphatic rings. The van der Waals surface area contributed by atoms with Crippen LogP contribution >= 0.6 is 15.9 Å². The third-order valence-electron chi connectivity index (χ3n) is 2.55. The van der Waals surface area contributed by atoms with Gasteiger partial charge >= 0.3 is 0 Å². The zero-order valence-corrected chi connectivity index (χ0v) is 13.2. The van der Waals surface area contributed by atoms with Gasteiger partial charge in [-0.2, -0.15) is 0 Å². The van der Waals surface area contributed by atoms with E-state index < -0.39 is 0 Å². The molecule has 1 N–H and O–H groups in total. The molecule has 0 saturated carbocycles. The molecule has 4 heteroatoms. The molecule has 1 aromatic heterocycles. The summed E-state index contributed by atoms with van der Waals surface area (Å²) in [5.74, 6) is 2.05. The van der Waals surface area contributed by atoms with Gasteiger partial charge in [0.05, 0.1) is 6.61 Å². The van der Waals surface area contributed by atoms with Gasteiger partial charge in [0.25, 0.3) is 0 Å². The predicted molar refractivity (Wildman–Crippen MR) is 79.7 cm³/mol. The minimum Gasteiger partial charge on any atom is -0.392 e. The fourth-order valence-electron chi connectivity index (χ4n) is 2.00. The Morgan fingerprint density at radius 2 is 1.78 bits per heavy atom. The van der Waals surface area contributed by atoms with Gasteiger partial charge in [-0.3, -0.25) is 0 Å². The van der Waals surface area contributed by atoms with Crippen LogP contribution in [0.1, 0.15) is 33.3 Å². The predicted octanol–water partition coefficient (Wildman–Crippen LogP) is 3.45. The lowest BCUT2D eigenvalue weighted by atomic mass is 10.1. The van der Waals surface area contributed by atoms with Gasteiger partial charge < -0.3 is 10.0 Å². The van der Waals surface area contributed by atoms with Crippen LogP contribution in [0.2, 0.25) is 0 Å². The second-order valence-corrected chi connectivity index (χ2v) is 6.40. The molecule has 0 saturated heterocycles. The van der Waals surface area contributed by atoms with Crippen LogP contribution in [0.3, 0.4) is 0 Å². The highest BCUT2D eigenvalue weighted by molar-refractivity contribution is 9.10. The van der Waals surface area contributed by atoms with Crippen molar-refractivity contribution in [2.75, 3.05) is 18.0 Å². The quantitative estimate of drug-likeness (QED) is 0.873. The van der Waals surface area contributed by atoms with Crippen LogP contribution in [-0.4, -0.2) is 23.2 Å². The molecular formula is C14H23BrN2O. The lowest BCUT2D eigenvalue weighted by Gasteiger charge is -2.29. The second-order valence-electron chi connectivity index (χ2n) is 5.49. The molecule has 1 aromatic rings. The van der Waals surface area contributed by atoms with E-state index in [-0.39, 0.29) is 6.61 Å². The van der Waals surface area contributed by atoms with E-state index in [2.05, 4.69) is 53.5 Å². The Kier molecular flexibility index (Phi) is 6.09. The number of rotatable bonds is 6. The summed E-state index contributed by atoms with van der Waals surface area (Å²) in [6, 6.07) is 1.94. The van der Waals surface area contributed by atoms with Crippen molar-refractivity contribution >= 4 is 21.7 Å². The molecule has 0 bridgehead atoms. The molecule has 0 aromatic carbocycles. The molecule has 3 nitrogen and oxygen atoms in total. The highest BCUT2D eigenvalue weighted by Gasteiger charge is 2.15. The lowest BCUT2D eigenvalue weighted by molar-refractivity contribution is 0.281. The summed E-state index contributed by atoms with van der Waals surface area (Å²) in [7, 11) is 0. The standard InChI is InChI=1S/C14H23BrN2O/c1-10(2)7-17(8-11(3)4)14-12(9-18)5-13(15)6-16-14/h5-6,10-11,18H,7-9H2,1-4H3. The number of anilines is 1. The fourth-order valence-corrected chi connectivity index (χ4v) is 2.38. The molecule has 0 unspecified atom stereocenters. The monoisotopic (exact) mass is 314 g/mol. The Morgan fingerprint density at radius 1 is 1.22 bits per heavy atom. The second kappa shape index (κ2) is 7.10. The van der Waals surface area contributed by atoms with Gasteiger partial charge in [0, 0.05) is 29.3 Å². The number of aliphatic hydroxyl groups excluding tert-OH is 1. The SMILES string of the molecule is CC(C)CN(CC(C)C)c1ncc(Br)cc1CO. The molecule has 0 fully saturated rings. The number of hydrogen-bond donors (Lipinski definition) is 1. The third kappa shape index (κ3) is 4.58. The summed E-state index contributed by atoms with van der Waals surface area (Å²) < 4.78 is 0.907. The molecule has 1 rings (SSSR count). The first-order chi connectivity index (χ1) is 8.43. The van der Waals surface area contributed by atoms with Crippen molar-refractivity contribution in [2.24, 2.45) is 11.8 Å². The van der Waals surface area contributed by atoms with Gasteiger partial charge in [-0.05, 0) is 33.8 Å². The maximum atomic E-state index is 9.47. The first-order valence-electron chi connectivity index (χ1n) is 6.44. The van der Waals surface area contributed by atoms with Gasteiger partial charge in [-0.15, -0.1) is 0 Å². The van der Waals surface area contributed by atoms with Crippen molar-refractivity contribution in [3.05, 3.63) is 22.3 Å². The van der Waals surface area contributed by atoms with Crippen LogP contribution in [-0.2, 0) is 6.61 Å². The summed E-state index contributed by atoms with van der Waals surface area (Å²) in [4.78, 5) is 6.75. The average molecular weight is 315 g/mol. The van der Waals surface area contributed by atoms with E-state index in [9.17, 15) is 5.11 Å². The van der Waals surface area contributed by atoms with Crippen LogP contribution in [0, 0.1) is 11.8 Å². The number of aliphatic hydroxyl groups is 1. The molecule has 18 heavy (non-hydrogen) atoms. The minimum absolute atomic E-state index is 0.0223.